The largest absolute Gasteiger partial charge is 0.468 e. The van der Waals surface area contributed by atoms with Crippen LogP contribution < -0.4 is 0 Å². The molecule has 0 radical (unpaired) electrons. The number of esters is 1. The maximum Gasteiger partial charge on any atom is 0.326 e. The Morgan fingerprint density at radius 3 is 3.12 bits per heavy atom. The molecule has 0 bridgehead atoms. The number of fused-ring (bicyclic) bond motifs is 1. The van der Waals surface area contributed by atoms with Gasteiger partial charge in [0.2, 0.25) is 0 Å². The number of hydrogen-bond donors (Lipinski definition) is 0. The molecule has 4 heteroatoms. The molecule has 0 amide bonds. The van der Waals surface area contributed by atoms with Gasteiger partial charge >= 0.3 is 5.97 Å². The smallest absolute Gasteiger partial charge is 0.326 e. The van der Waals surface area contributed by atoms with E-state index in [0.29, 0.717) is 19.4 Å². The normalized spacial score (nSPS) is 34.1. The summed E-state index contributed by atoms with van der Waals surface area (Å²) in [6, 6.07) is 0.170. The summed E-state index contributed by atoms with van der Waals surface area (Å²) in [5, 5.41) is 0. The number of nitrogens with zero attached hydrogens (tertiary/aromatic N) is 1. The summed E-state index contributed by atoms with van der Waals surface area (Å²) >= 11 is 0. The van der Waals surface area contributed by atoms with Crippen LogP contribution in [-0.4, -0.2) is 42.8 Å². The highest BCUT2D eigenvalue weighted by atomic mass is 19.1. The second-order valence-corrected chi connectivity index (χ2v) is 4.75. The zero-order chi connectivity index (χ0) is 11.8. The number of halogens is 1. The molecular weight excluding hydrogens is 209 g/mol. The van der Waals surface area contributed by atoms with Crippen LogP contribution in [0, 0.1) is 0 Å². The van der Waals surface area contributed by atoms with Gasteiger partial charge in [-0.2, -0.15) is 0 Å². The van der Waals surface area contributed by atoms with E-state index in [-0.39, 0.29) is 18.7 Å². The fraction of sp³-hybridized carbons (Fsp3) is 0.750. The molecule has 0 aliphatic carbocycles. The van der Waals surface area contributed by atoms with Crippen molar-refractivity contribution in [3.05, 3.63) is 12.2 Å². The summed E-state index contributed by atoms with van der Waals surface area (Å²) in [4.78, 5) is 14.0. The molecule has 0 unspecified atom stereocenters. The summed E-state index contributed by atoms with van der Waals surface area (Å²) in [7, 11) is 1.42. The lowest BCUT2D eigenvalue weighted by Gasteiger charge is -2.31. The molecule has 90 valence electrons. The summed E-state index contributed by atoms with van der Waals surface area (Å²) in [5.41, 5.74) is 0.514. The van der Waals surface area contributed by atoms with Gasteiger partial charge in [0.25, 0.3) is 0 Å². The molecule has 0 N–H and O–H groups in total. The van der Waals surface area contributed by atoms with Crippen molar-refractivity contribution in [1.82, 2.24) is 4.90 Å². The fourth-order valence-corrected chi connectivity index (χ4v) is 3.14. The van der Waals surface area contributed by atoms with Crippen molar-refractivity contribution in [3.8, 4) is 0 Å². The van der Waals surface area contributed by atoms with Gasteiger partial charge in [-0.05, 0) is 25.7 Å². The van der Waals surface area contributed by atoms with Crippen LogP contribution in [0.3, 0.4) is 0 Å². The second kappa shape index (κ2) is 4.17. The third-order valence-corrected chi connectivity index (χ3v) is 3.83. The van der Waals surface area contributed by atoms with Crippen LogP contribution in [0.15, 0.2) is 12.2 Å². The number of carbonyl (C=O) groups is 1. The molecule has 2 fully saturated rings. The lowest BCUT2D eigenvalue weighted by Crippen LogP contribution is -2.49. The van der Waals surface area contributed by atoms with Crippen LogP contribution in [0.2, 0.25) is 0 Å². The highest BCUT2D eigenvalue weighted by Crippen LogP contribution is 2.45. The molecule has 2 heterocycles. The van der Waals surface area contributed by atoms with E-state index in [1.165, 1.54) is 7.11 Å². The van der Waals surface area contributed by atoms with Crippen LogP contribution in [0.5, 0.6) is 0 Å². The number of ether oxygens (including phenoxy) is 1. The molecule has 0 saturated carbocycles. The van der Waals surface area contributed by atoms with Crippen LogP contribution in [0.4, 0.5) is 4.39 Å². The molecule has 3 nitrogen and oxygen atoms in total. The molecule has 2 saturated heterocycles. The Labute approximate surface area is 95.3 Å². The highest BCUT2D eigenvalue weighted by Gasteiger charge is 2.55. The molecular formula is C12H18FNO2. The van der Waals surface area contributed by atoms with Crippen LogP contribution in [0.1, 0.15) is 25.7 Å². The number of carbonyl (C=O) groups excluding carboxylic acids is 1. The van der Waals surface area contributed by atoms with Crippen LogP contribution in [0.25, 0.3) is 0 Å². The predicted octanol–water partition coefficient (Wildman–Crippen LogP) is 1.68. The topological polar surface area (TPSA) is 29.5 Å². The zero-order valence-corrected chi connectivity index (χ0v) is 9.67. The minimum absolute atomic E-state index is 0.170. The summed E-state index contributed by atoms with van der Waals surface area (Å²) in [5.74, 6) is -0.187. The van der Waals surface area contributed by atoms with E-state index in [0.717, 1.165) is 18.4 Å². The quantitative estimate of drug-likeness (QED) is 0.542. The minimum atomic E-state index is -0.536. The van der Waals surface area contributed by atoms with Gasteiger partial charge < -0.3 is 4.74 Å². The van der Waals surface area contributed by atoms with Gasteiger partial charge in [0.05, 0.1) is 13.8 Å². The van der Waals surface area contributed by atoms with Gasteiger partial charge in [-0.1, -0.05) is 12.2 Å². The van der Waals surface area contributed by atoms with E-state index in [9.17, 15) is 9.18 Å². The van der Waals surface area contributed by atoms with Gasteiger partial charge in [0.1, 0.15) is 5.54 Å². The Hall–Kier alpha value is -0.900. The number of rotatable bonds is 3. The van der Waals surface area contributed by atoms with E-state index < -0.39 is 5.54 Å². The monoisotopic (exact) mass is 227 g/mol. The van der Waals surface area contributed by atoms with E-state index in [4.69, 9.17) is 4.74 Å². The lowest BCUT2D eigenvalue weighted by molar-refractivity contribution is -0.152. The third-order valence-electron chi connectivity index (χ3n) is 3.83. The average molecular weight is 227 g/mol. The van der Waals surface area contributed by atoms with Crippen molar-refractivity contribution >= 4 is 5.97 Å². The first-order valence-corrected chi connectivity index (χ1v) is 5.72. The standard InChI is InChI=1S/C12H18FNO2/c1-9-7-12(11(15)16-2)5-3-10(4-6-13)14(12)8-9/h10H,1,3-8H2,2H3/t10-,12-/m0/s1. The highest BCUT2D eigenvalue weighted by molar-refractivity contribution is 5.82. The van der Waals surface area contributed by atoms with E-state index in [2.05, 4.69) is 11.5 Å². The fourth-order valence-electron chi connectivity index (χ4n) is 3.14. The SMILES string of the molecule is C=C1CN2[C@H](CCF)CC[C@@]2(C(=O)OC)C1. The van der Waals surface area contributed by atoms with E-state index in [1.807, 2.05) is 0 Å². The first-order chi connectivity index (χ1) is 7.64. The van der Waals surface area contributed by atoms with Crippen molar-refractivity contribution in [3.63, 3.8) is 0 Å². The summed E-state index contributed by atoms with van der Waals surface area (Å²) in [6.45, 7) is 4.33. The van der Waals surface area contributed by atoms with Crippen molar-refractivity contribution in [2.24, 2.45) is 0 Å². The van der Waals surface area contributed by atoms with Gasteiger partial charge in [-0.3, -0.25) is 14.1 Å². The van der Waals surface area contributed by atoms with Crippen LogP contribution in [-0.2, 0) is 9.53 Å². The molecule has 2 aliphatic heterocycles. The predicted molar refractivity (Wildman–Crippen MR) is 58.8 cm³/mol. The number of hydrogen-bond acceptors (Lipinski definition) is 3. The molecule has 0 aromatic heterocycles. The summed E-state index contributed by atoms with van der Waals surface area (Å²) < 4.78 is 17.3. The van der Waals surface area contributed by atoms with Crippen LogP contribution >= 0.6 is 0 Å². The maximum atomic E-state index is 12.4. The Balaban J connectivity index is 2.23. The lowest BCUT2D eigenvalue weighted by atomic mass is 9.93. The Bertz CT molecular complexity index is 318. The van der Waals surface area contributed by atoms with Gasteiger partial charge in [0, 0.05) is 12.6 Å². The minimum Gasteiger partial charge on any atom is -0.468 e. The van der Waals surface area contributed by atoms with Gasteiger partial charge in [0.15, 0.2) is 0 Å². The molecule has 0 aromatic carbocycles. The maximum absolute atomic E-state index is 12.4. The van der Waals surface area contributed by atoms with E-state index in [1.54, 1.807) is 0 Å². The number of methoxy groups -OCH3 is 1. The Morgan fingerprint density at radius 1 is 1.75 bits per heavy atom. The number of alkyl halides is 1. The van der Waals surface area contributed by atoms with Crippen molar-refractivity contribution in [2.45, 2.75) is 37.3 Å². The molecule has 16 heavy (non-hydrogen) atoms. The third kappa shape index (κ3) is 1.56. The summed E-state index contributed by atoms with van der Waals surface area (Å²) in [6.07, 6.45) is 2.82. The molecule has 0 spiro atoms. The average Bonchev–Trinajstić information content (AvgIpc) is 2.75. The molecule has 2 aliphatic rings. The van der Waals surface area contributed by atoms with Crippen molar-refractivity contribution < 1.29 is 13.9 Å². The molecule has 2 atom stereocenters. The van der Waals surface area contributed by atoms with Crippen molar-refractivity contribution in [2.75, 3.05) is 20.3 Å². The Morgan fingerprint density at radius 2 is 2.50 bits per heavy atom. The second-order valence-electron chi connectivity index (χ2n) is 4.75. The first kappa shape index (κ1) is 11.6. The molecule has 2 rings (SSSR count). The first-order valence-electron chi connectivity index (χ1n) is 5.72. The Kier molecular flexibility index (Phi) is 3.02. The van der Waals surface area contributed by atoms with Gasteiger partial charge in [-0.15, -0.1) is 0 Å². The molecule has 0 aromatic rings. The van der Waals surface area contributed by atoms with Crippen molar-refractivity contribution in [1.29, 1.82) is 0 Å². The zero-order valence-electron chi connectivity index (χ0n) is 9.67. The van der Waals surface area contributed by atoms with E-state index >= 15 is 0 Å². The van der Waals surface area contributed by atoms with Gasteiger partial charge in [-0.25, -0.2) is 0 Å².